The van der Waals surface area contributed by atoms with Gasteiger partial charge in [0.2, 0.25) is 0 Å². The lowest BCUT2D eigenvalue weighted by molar-refractivity contribution is -0.140. The molecule has 0 aromatic heterocycles. The van der Waals surface area contributed by atoms with Crippen LogP contribution in [-0.2, 0) is 4.79 Å². The standard InChI is InChI=1S/C10H20N2O4/c1-10(2,3)4-5-11-9(16)12-7(6-13)8(14)15/h7,13H,4-6H2,1-3H3,(H,14,15)(H2,11,12,16)/t7-/m1/s1. The van der Waals surface area contributed by atoms with Crippen LogP contribution in [0, 0.1) is 5.41 Å². The van der Waals surface area contributed by atoms with E-state index in [-0.39, 0.29) is 5.41 Å². The molecule has 0 aromatic rings. The van der Waals surface area contributed by atoms with Gasteiger partial charge in [0.25, 0.3) is 0 Å². The van der Waals surface area contributed by atoms with E-state index in [2.05, 4.69) is 10.6 Å². The maximum atomic E-state index is 11.2. The lowest BCUT2D eigenvalue weighted by atomic mass is 9.92. The Labute approximate surface area is 95.0 Å². The van der Waals surface area contributed by atoms with Crippen LogP contribution in [0.1, 0.15) is 27.2 Å². The Kier molecular flexibility index (Phi) is 5.81. The van der Waals surface area contributed by atoms with Gasteiger partial charge in [-0.3, -0.25) is 0 Å². The molecule has 0 aliphatic rings. The first-order chi connectivity index (χ1) is 7.26. The molecule has 0 aromatic carbocycles. The second kappa shape index (κ2) is 6.32. The number of nitrogens with one attached hydrogen (secondary N) is 2. The van der Waals surface area contributed by atoms with Crippen molar-refractivity contribution < 1.29 is 19.8 Å². The molecule has 0 aliphatic heterocycles. The summed E-state index contributed by atoms with van der Waals surface area (Å²) in [5.74, 6) is -1.26. The Morgan fingerprint density at radius 1 is 1.31 bits per heavy atom. The Bertz CT molecular complexity index is 248. The van der Waals surface area contributed by atoms with Crippen molar-refractivity contribution in [2.24, 2.45) is 5.41 Å². The maximum absolute atomic E-state index is 11.2. The molecule has 2 amide bonds. The summed E-state index contributed by atoms with van der Waals surface area (Å²) in [5.41, 5.74) is 0.108. The van der Waals surface area contributed by atoms with Gasteiger partial charge in [0.05, 0.1) is 6.61 Å². The van der Waals surface area contributed by atoms with Crippen LogP contribution in [0.25, 0.3) is 0 Å². The van der Waals surface area contributed by atoms with Crippen molar-refractivity contribution >= 4 is 12.0 Å². The van der Waals surface area contributed by atoms with Gasteiger partial charge in [0.1, 0.15) is 0 Å². The third-order valence-corrected chi connectivity index (χ3v) is 1.95. The molecule has 0 heterocycles. The van der Waals surface area contributed by atoms with Crippen LogP contribution < -0.4 is 10.6 Å². The molecule has 0 radical (unpaired) electrons. The zero-order valence-electron chi connectivity index (χ0n) is 9.91. The summed E-state index contributed by atoms with van der Waals surface area (Å²) in [5, 5.41) is 21.9. The molecular formula is C10H20N2O4. The highest BCUT2D eigenvalue weighted by Crippen LogP contribution is 2.16. The van der Waals surface area contributed by atoms with Gasteiger partial charge in [-0.1, -0.05) is 20.8 Å². The van der Waals surface area contributed by atoms with Crippen LogP contribution in [-0.4, -0.2) is 41.4 Å². The summed E-state index contributed by atoms with van der Waals surface area (Å²) in [6.45, 7) is 5.97. The quantitative estimate of drug-likeness (QED) is 0.543. The van der Waals surface area contributed by atoms with Crippen LogP contribution in [0.3, 0.4) is 0 Å². The van der Waals surface area contributed by atoms with Gasteiger partial charge in [-0.15, -0.1) is 0 Å². The minimum atomic E-state index is -1.26. The lowest BCUT2D eigenvalue weighted by Crippen LogP contribution is -2.48. The summed E-state index contributed by atoms with van der Waals surface area (Å²) in [4.78, 5) is 21.7. The molecule has 16 heavy (non-hydrogen) atoms. The van der Waals surface area contributed by atoms with Gasteiger partial charge < -0.3 is 20.8 Å². The molecular weight excluding hydrogens is 212 g/mol. The molecule has 0 fully saturated rings. The van der Waals surface area contributed by atoms with Gasteiger partial charge in [-0.2, -0.15) is 0 Å². The van der Waals surface area contributed by atoms with E-state index in [1.807, 2.05) is 20.8 Å². The van der Waals surface area contributed by atoms with Crippen molar-refractivity contribution in [2.75, 3.05) is 13.2 Å². The fourth-order valence-electron chi connectivity index (χ4n) is 0.946. The van der Waals surface area contributed by atoms with Crippen LogP contribution in [0.4, 0.5) is 4.79 Å². The van der Waals surface area contributed by atoms with Crippen molar-refractivity contribution in [1.29, 1.82) is 0 Å². The van der Waals surface area contributed by atoms with E-state index >= 15 is 0 Å². The molecule has 0 saturated heterocycles. The number of rotatable bonds is 5. The minimum Gasteiger partial charge on any atom is -0.480 e. The van der Waals surface area contributed by atoms with E-state index in [0.717, 1.165) is 6.42 Å². The highest BCUT2D eigenvalue weighted by molar-refractivity contribution is 5.82. The minimum absolute atomic E-state index is 0.108. The van der Waals surface area contributed by atoms with Gasteiger partial charge >= 0.3 is 12.0 Å². The molecule has 0 spiro atoms. The van der Waals surface area contributed by atoms with Gasteiger partial charge in [0.15, 0.2) is 6.04 Å². The van der Waals surface area contributed by atoms with E-state index < -0.39 is 24.6 Å². The number of carboxylic acid groups (broad SMARTS) is 1. The number of hydrogen-bond acceptors (Lipinski definition) is 3. The molecule has 0 bridgehead atoms. The Morgan fingerprint density at radius 2 is 1.88 bits per heavy atom. The first-order valence-corrected chi connectivity index (χ1v) is 5.14. The number of amides is 2. The Hall–Kier alpha value is -1.30. The summed E-state index contributed by atoms with van der Waals surface area (Å²) in [6, 6.07) is -1.83. The zero-order valence-corrected chi connectivity index (χ0v) is 9.91. The number of aliphatic hydroxyl groups is 1. The van der Waals surface area contributed by atoms with Crippen molar-refractivity contribution in [1.82, 2.24) is 10.6 Å². The third kappa shape index (κ3) is 7.05. The van der Waals surface area contributed by atoms with Crippen molar-refractivity contribution in [3.8, 4) is 0 Å². The summed E-state index contributed by atoms with van der Waals surface area (Å²) >= 11 is 0. The second-order valence-corrected chi connectivity index (χ2v) is 4.78. The lowest BCUT2D eigenvalue weighted by Gasteiger charge is -2.19. The molecule has 1 atom stereocenters. The average Bonchev–Trinajstić information content (AvgIpc) is 2.11. The number of carbonyl (C=O) groups is 2. The summed E-state index contributed by atoms with van der Waals surface area (Å²) in [6.07, 6.45) is 0.789. The second-order valence-electron chi connectivity index (χ2n) is 4.78. The van der Waals surface area contributed by atoms with Crippen LogP contribution in [0.2, 0.25) is 0 Å². The molecule has 94 valence electrons. The molecule has 6 heteroatoms. The van der Waals surface area contributed by atoms with E-state index in [4.69, 9.17) is 10.2 Å². The summed E-state index contributed by atoms with van der Waals surface area (Å²) < 4.78 is 0. The van der Waals surface area contributed by atoms with Crippen LogP contribution in [0.15, 0.2) is 0 Å². The third-order valence-electron chi connectivity index (χ3n) is 1.95. The largest absolute Gasteiger partial charge is 0.480 e. The van der Waals surface area contributed by atoms with E-state index in [0.29, 0.717) is 6.54 Å². The normalized spacial score (nSPS) is 13.0. The van der Waals surface area contributed by atoms with Crippen LogP contribution >= 0.6 is 0 Å². The molecule has 4 N–H and O–H groups in total. The van der Waals surface area contributed by atoms with Gasteiger partial charge in [-0.05, 0) is 11.8 Å². The Balaban J connectivity index is 3.86. The molecule has 0 unspecified atom stereocenters. The van der Waals surface area contributed by atoms with E-state index in [1.54, 1.807) is 0 Å². The first-order valence-electron chi connectivity index (χ1n) is 5.14. The van der Waals surface area contributed by atoms with E-state index in [1.165, 1.54) is 0 Å². The van der Waals surface area contributed by atoms with Crippen LogP contribution in [0.5, 0.6) is 0 Å². The topological polar surface area (TPSA) is 98.7 Å². The molecule has 0 aliphatic carbocycles. The predicted octanol–water partition coefficient (Wildman–Crippen LogP) is 0.167. The molecule has 6 nitrogen and oxygen atoms in total. The number of hydrogen-bond donors (Lipinski definition) is 4. The van der Waals surface area contributed by atoms with Crippen molar-refractivity contribution in [3.63, 3.8) is 0 Å². The SMILES string of the molecule is CC(C)(C)CCNC(=O)N[C@H](CO)C(=O)O. The Morgan fingerprint density at radius 3 is 2.25 bits per heavy atom. The van der Waals surface area contributed by atoms with Gasteiger partial charge in [-0.25, -0.2) is 9.59 Å². The fourth-order valence-corrected chi connectivity index (χ4v) is 0.946. The number of carbonyl (C=O) groups excluding carboxylic acids is 1. The number of aliphatic carboxylic acids is 1. The van der Waals surface area contributed by atoms with Gasteiger partial charge in [0, 0.05) is 6.54 Å². The average molecular weight is 232 g/mol. The monoisotopic (exact) mass is 232 g/mol. The predicted molar refractivity (Wildman–Crippen MR) is 59.1 cm³/mol. The highest BCUT2D eigenvalue weighted by Gasteiger charge is 2.18. The number of carboxylic acids is 1. The fraction of sp³-hybridized carbons (Fsp3) is 0.800. The van der Waals surface area contributed by atoms with E-state index in [9.17, 15) is 9.59 Å². The first kappa shape index (κ1) is 14.7. The summed E-state index contributed by atoms with van der Waals surface area (Å²) in [7, 11) is 0. The van der Waals surface area contributed by atoms with Crippen molar-refractivity contribution in [2.45, 2.75) is 33.2 Å². The number of urea groups is 1. The smallest absolute Gasteiger partial charge is 0.328 e. The van der Waals surface area contributed by atoms with Crippen molar-refractivity contribution in [3.05, 3.63) is 0 Å². The molecule has 0 rings (SSSR count). The maximum Gasteiger partial charge on any atom is 0.328 e. The highest BCUT2D eigenvalue weighted by atomic mass is 16.4. The zero-order chi connectivity index (χ0) is 12.8. The number of aliphatic hydroxyl groups excluding tert-OH is 1. The molecule has 0 saturated carbocycles.